The van der Waals surface area contributed by atoms with Gasteiger partial charge in [0.2, 0.25) is 0 Å². The van der Waals surface area contributed by atoms with Crippen molar-refractivity contribution in [2.75, 3.05) is 0 Å². The molecule has 0 radical (unpaired) electrons. The Morgan fingerprint density at radius 1 is 1.17 bits per heavy atom. The molecule has 1 atom stereocenters. The summed E-state index contributed by atoms with van der Waals surface area (Å²) in [5, 5.41) is 0. The molecule has 0 aromatic heterocycles. The third-order valence-corrected chi connectivity index (χ3v) is 3.71. The number of carbonyl (C=O) groups is 1. The Labute approximate surface area is 161 Å². The molecule has 0 heterocycles. The fourth-order valence-electron chi connectivity index (χ4n) is 1.79. The molecule has 1 unspecified atom stereocenters. The molecule has 1 aromatic carbocycles. The van der Waals surface area contributed by atoms with Crippen molar-refractivity contribution in [3.8, 4) is 0 Å². The largest absolute Gasteiger partial charge is 1.00 e. The minimum Gasteiger partial charge on any atom is -0.744 e. The van der Waals surface area contributed by atoms with Gasteiger partial charge in [-0.2, -0.15) is 0 Å². The molecule has 5 nitrogen and oxygen atoms in total. The monoisotopic (exact) mass is 352 g/mol. The molecule has 126 valence electrons. The third kappa shape index (κ3) is 14.9. The Morgan fingerprint density at radius 3 is 2.13 bits per heavy atom. The Balaban J connectivity index is 0. The topological polar surface area (TPSA) is 83.5 Å². The normalized spacial score (nSPS) is 11.5. The van der Waals surface area contributed by atoms with Gasteiger partial charge in [-0.3, -0.25) is 4.79 Å². The van der Waals surface area contributed by atoms with E-state index in [1.54, 1.807) is 6.07 Å². The zero-order valence-corrected chi connectivity index (χ0v) is 17.3. The van der Waals surface area contributed by atoms with Gasteiger partial charge in [0, 0.05) is 6.92 Å². The first-order chi connectivity index (χ1) is 10.3. The van der Waals surface area contributed by atoms with Crippen molar-refractivity contribution in [3.63, 3.8) is 0 Å². The maximum absolute atomic E-state index is 10.5. The van der Waals surface area contributed by atoms with Crippen LogP contribution in [0.3, 0.4) is 0 Å². The summed E-state index contributed by atoms with van der Waals surface area (Å²) in [6.07, 6.45) is 6.05. The van der Waals surface area contributed by atoms with E-state index in [-0.39, 0.29) is 46.5 Å². The van der Waals surface area contributed by atoms with Crippen molar-refractivity contribution >= 4 is 16.1 Å². The second-order valence-electron chi connectivity index (χ2n) is 5.04. The predicted molar refractivity (Wildman–Crippen MR) is 84.4 cm³/mol. The summed E-state index contributed by atoms with van der Waals surface area (Å²) in [5.41, 5.74) is 0. The van der Waals surface area contributed by atoms with Gasteiger partial charge in [0.05, 0.1) is 11.0 Å². The zero-order chi connectivity index (χ0) is 17.0. The summed E-state index contributed by atoms with van der Waals surface area (Å²) in [7, 11) is -4.25. The zero-order valence-electron chi connectivity index (χ0n) is 14.4. The molecule has 0 bridgehead atoms. The van der Waals surface area contributed by atoms with Gasteiger partial charge in [0.1, 0.15) is 10.1 Å². The van der Waals surface area contributed by atoms with Gasteiger partial charge in [-0.05, 0) is 31.9 Å². The Hall–Kier alpha value is -0.400. The maximum Gasteiger partial charge on any atom is 1.00 e. The number of carbonyl (C=O) groups excluding carboxylic acids is 1. The first-order valence-electron chi connectivity index (χ1n) is 7.45. The van der Waals surface area contributed by atoms with Crippen LogP contribution in [0.4, 0.5) is 0 Å². The first-order valence-corrected chi connectivity index (χ1v) is 8.86. The van der Waals surface area contributed by atoms with E-state index in [9.17, 15) is 17.8 Å². The minimum absolute atomic E-state index is 0. The number of ether oxygens (including phenoxy) is 1. The van der Waals surface area contributed by atoms with E-state index in [1.807, 2.05) is 6.92 Å². The molecule has 0 N–H and O–H groups in total. The van der Waals surface area contributed by atoms with Crippen LogP contribution in [0.25, 0.3) is 0 Å². The van der Waals surface area contributed by atoms with Crippen LogP contribution in [0.1, 0.15) is 52.9 Å². The molecule has 1 rings (SSSR count). The van der Waals surface area contributed by atoms with Crippen molar-refractivity contribution in [1.29, 1.82) is 0 Å². The second kappa shape index (κ2) is 14.0. The Morgan fingerprint density at radius 2 is 1.74 bits per heavy atom. The Bertz CT molecular complexity index is 517. The maximum atomic E-state index is 10.5. The molecule has 0 saturated heterocycles. The summed E-state index contributed by atoms with van der Waals surface area (Å²) < 4.78 is 35.8. The molecule has 0 aliphatic carbocycles. The van der Waals surface area contributed by atoms with E-state index in [1.165, 1.54) is 56.9 Å². The number of hydrogen-bond donors (Lipinski definition) is 0. The number of benzene rings is 1. The van der Waals surface area contributed by atoms with Crippen LogP contribution in [-0.4, -0.2) is 25.0 Å². The molecule has 7 heteroatoms. The summed E-state index contributed by atoms with van der Waals surface area (Å²) >= 11 is 0. The Kier molecular flexibility index (Phi) is 15.1. The fourth-order valence-corrected chi connectivity index (χ4v) is 2.28. The molecule has 0 saturated carbocycles. The van der Waals surface area contributed by atoms with E-state index in [2.05, 4.69) is 6.92 Å². The quantitative estimate of drug-likeness (QED) is 0.309. The smallest absolute Gasteiger partial charge is 0.744 e. The summed E-state index contributed by atoms with van der Waals surface area (Å²) in [6.45, 7) is 5.60. The molecule has 0 amide bonds. The van der Waals surface area contributed by atoms with E-state index in [0.717, 1.165) is 6.42 Å². The van der Waals surface area contributed by atoms with Gasteiger partial charge in [-0.1, -0.05) is 44.4 Å². The second-order valence-corrected chi connectivity index (χ2v) is 6.42. The van der Waals surface area contributed by atoms with Crippen LogP contribution in [0.2, 0.25) is 0 Å². The molecule has 0 spiro atoms. The van der Waals surface area contributed by atoms with Crippen LogP contribution in [0.5, 0.6) is 0 Å². The summed E-state index contributed by atoms with van der Waals surface area (Å²) in [6, 6.07) is 7.19. The molecular formula is C16H25NaO5S. The van der Waals surface area contributed by atoms with Crippen LogP contribution >= 0.6 is 0 Å². The third-order valence-electron chi connectivity index (χ3n) is 2.86. The average Bonchev–Trinajstić information content (AvgIpc) is 2.44. The summed E-state index contributed by atoms with van der Waals surface area (Å²) in [4.78, 5) is 10.3. The number of unbranched alkanes of at least 4 members (excludes halogenated alkanes) is 3. The molecular weight excluding hydrogens is 327 g/mol. The number of esters is 1. The van der Waals surface area contributed by atoms with Crippen LogP contribution in [0, 0.1) is 0 Å². The van der Waals surface area contributed by atoms with Gasteiger partial charge in [0.25, 0.3) is 0 Å². The van der Waals surface area contributed by atoms with Crippen LogP contribution in [-0.2, 0) is 19.6 Å². The fraction of sp³-hybridized carbons (Fsp3) is 0.562. The number of rotatable bonds is 7. The van der Waals surface area contributed by atoms with E-state index < -0.39 is 10.1 Å². The number of hydrogen-bond acceptors (Lipinski definition) is 5. The van der Waals surface area contributed by atoms with Crippen molar-refractivity contribution in [1.82, 2.24) is 0 Å². The van der Waals surface area contributed by atoms with Crippen molar-refractivity contribution in [3.05, 3.63) is 30.3 Å². The standard InChI is InChI=1S/C10H20O2.C6H6O3S.Na/c1-4-5-6-7-8-9(2)12-10(3)11;7-10(8,9)6-4-2-1-3-5-6;/h9H,4-8H2,1-3H3;1-5H,(H,7,8,9);/q;;+1/p-1. The average molecular weight is 352 g/mol. The van der Waals surface area contributed by atoms with Gasteiger partial charge in [0.15, 0.2) is 0 Å². The molecule has 23 heavy (non-hydrogen) atoms. The predicted octanol–water partition coefficient (Wildman–Crippen LogP) is 0.503. The molecule has 0 aliphatic rings. The van der Waals surface area contributed by atoms with Gasteiger partial charge >= 0.3 is 35.5 Å². The summed E-state index contributed by atoms with van der Waals surface area (Å²) in [5.74, 6) is -0.169. The molecule has 1 aromatic rings. The van der Waals surface area contributed by atoms with Crippen LogP contribution < -0.4 is 29.6 Å². The van der Waals surface area contributed by atoms with Gasteiger partial charge < -0.3 is 9.29 Å². The van der Waals surface area contributed by atoms with Crippen molar-refractivity contribution < 1.29 is 52.1 Å². The van der Waals surface area contributed by atoms with Crippen LogP contribution in [0.15, 0.2) is 35.2 Å². The minimum atomic E-state index is -4.25. The van der Waals surface area contributed by atoms with Gasteiger partial charge in [-0.15, -0.1) is 0 Å². The first kappa shape index (κ1) is 24.8. The molecule has 0 aliphatic heterocycles. The molecule has 0 fully saturated rings. The van der Waals surface area contributed by atoms with E-state index >= 15 is 0 Å². The van der Waals surface area contributed by atoms with E-state index in [0.29, 0.717) is 0 Å². The van der Waals surface area contributed by atoms with E-state index in [4.69, 9.17) is 4.74 Å². The van der Waals surface area contributed by atoms with Crippen molar-refractivity contribution in [2.45, 2.75) is 63.9 Å². The van der Waals surface area contributed by atoms with Gasteiger partial charge in [-0.25, -0.2) is 8.42 Å². The SMILES string of the molecule is CCCCCCC(C)OC(C)=O.O=S(=O)([O-])c1ccccc1.[Na+]. The van der Waals surface area contributed by atoms with Crippen molar-refractivity contribution in [2.24, 2.45) is 0 Å².